The van der Waals surface area contributed by atoms with Gasteiger partial charge in [0.25, 0.3) is 0 Å². The number of hydrogen-bond donors (Lipinski definition) is 0. The minimum atomic E-state index is 1.08. The Morgan fingerprint density at radius 2 is 0.786 bits per heavy atom. The molecule has 0 unspecified atom stereocenters. The van der Waals surface area contributed by atoms with Gasteiger partial charge >= 0.3 is 0 Å². The van der Waals surface area contributed by atoms with E-state index in [1.54, 1.807) is 20.9 Å². The lowest BCUT2D eigenvalue weighted by Crippen LogP contribution is -2.04. The Morgan fingerprint density at radius 3 is 1.12 bits per heavy atom. The Hall–Kier alpha value is 0.1000. The molecule has 1 aliphatic heterocycles. The number of thioether (sulfide) groups is 2. The fourth-order valence-corrected chi connectivity index (χ4v) is 10.5. The molecule has 0 saturated heterocycles. The van der Waals surface area contributed by atoms with Crippen molar-refractivity contribution in [3.8, 4) is 0 Å². The third kappa shape index (κ3) is 12.8. The predicted molar refractivity (Wildman–Crippen MR) is 199 cm³/mol. The largest absolute Gasteiger partial charge is 0.120 e. The maximum Gasteiger partial charge on any atom is 0.0364 e. The maximum absolute atomic E-state index is 4.11. The molecule has 4 heteroatoms. The highest BCUT2D eigenvalue weighted by Crippen LogP contribution is 2.49. The van der Waals surface area contributed by atoms with Gasteiger partial charge < -0.3 is 0 Å². The van der Waals surface area contributed by atoms with Crippen LogP contribution in [0.1, 0.15) is 165 Å². The minimum absolute atomic E-state index is 1.08. The molecule has 0 radical (unpaired) electrons. The van der Waals surface area contributed by atoms with E-state index >= 15 is 0 Å². The number of unbranched alkanes of at least 4 members (excludes halogenated alkanes) is 18. The third-order valence-corrected chi connectivity index (χ3v) is 13.7. The smallest absolute Gasteiger partial charge is 0.0364 e. The highest BCUT2D eigenvalue weighted by Gasteiger charge is 2.24. The van der Waals surface area contributed by atoms with Gasteiger partial charge in [0.1, 0.15) is 0 Å². The van der Waals surface area contributed by atoms with Crippen LogP contribution in [0, 0.1) is 0 Å². The van der Waals surface area contributed by atoms with Gasteiger partial charge in [-0.25, -0.2) is 0 Å². The maximum atomic E-state index is 4.11. The van der Waals surface area contributed by atoms with Crippen LogP contribution in [0.25, 0.3) is 0 Å². The van der Waals surface area contributed by atoms with Crippen LogP contribution in [0.2, 0.25) is 0 Å². The van der Waals surface area contributed by atoms with Gasteiger partial charge in [-0.05, 0) is 79.8 Å². The van der Waals surface area contributed by atoms with E-state index in [1.165, 1.54) is 161 Å². The van der Waals surface area contributed by atoms with E-state index in [4.69, 9.17) is 0 Å². The first-order valence-electron chi connectivity index (χ1n) is 17.5. The number of halogens is 2. The molecule has 0 bridgehead atoms. The van der Waals surface area contributed by atoms with Gasteiger partial charge in [-0.2, -0.15) is 0 Å². The summed E-state index contributed by atoms with van der Waals surface area (Å²) < 4.78 is 2.67. The molecule has 1 heterocycles. The summed E-state index contributed by atoms with van der Waals surface area (Å²) >= 11 is 12.4. The van der Waals surface area contributed by atoms with Crippen LogP contribution in [0.3, 0.4) is 0 Å². The molecule has 2 aromatic rings. The third-order valence-electron chi connectivity index (χ3n) is 8.90. The lowest BCUT2D eigenvalue weighted by molar-refractivity contribution is 0.554. The molecule has 236 valence electrons. The fourth-order valence-electron chi connectivity index (χ4n) is 6.21. The first-order chi connectivity index (χ1) is 20.7. The van der Waals surface area contributed by atoms with Crippen molar-refractivity contribution in [2.24, 2.45) is 0 Å². The Kier molecular flexibility index (Phi) is 19.7. The average Bonchev–Trinajstić information content (AvgIpc) is 2.99. The molecule has 0 fully saturated rings. The van der Waals surface area contributed by atoms with Gasteiger partial charge in [-0.15, -0.1) is 23.5 Å². The zero-order valence-corrected chi connectivity index (χ0v) is 31.7. The van der Waals surface area contributed by atoms with Gasteiger partial charge in [-0.3, -0.25) is 0 Å². The normalized spacial score (nSPS) is 13.0. The van der Waals surface area contributed by atoms with E-state index in [1.807, 2.05) is 0 Å². The van der Waals surface area contributed by atoms with Gasteiger partial charge in [0.05, 0.1) is 0 Å². The van der Waals surface area contributed by atoms with Crippen LogP contribution in [-0.2, 0) is 24.3 Å². The van der Waals surface area contributed by atoms with Crippen molar-refractivity contribution < 1.29 is 0 Å². The summed E-state index contributed by atoms with van der Waals surface area (Å²) in [6.07, 6.45) is 30.2. The number of rotatable bonds is 22. The van der Waals surface area contributed by atoms with Crippen LogP contribution >= 0.6 is 55.4 Å². The molecule has 0 saturated carbocycles. The van der Waals surface area contributed by atoms with Gasteiger partial charge in [0, 0.05) is 30.2 Å². The van der Waals surface area contributed by atoms with Crippen LogP contribution in [0.5, 0.6) is 0 Å². The van der Waals surface area contributed by atoms with Crippen molar-refractivity contribution in [3.63, 3.8) is 0 Å². The summed E-state index contributed by atoms with van der Waals surface area (Å²) in [7, 11) is 0. The standard InChI is InChI=1S/C38H58Br2S2/c1-3-5-7-9-11-13-15-17-19-21-27-33-35(39)36(40)34(28-22-20-18-16-14-12-10-8-6-4-2)38-37(33)41-29-31-25-23-24-26-32(31)30-42-38/h23-26H,3-22,27-30H2,1-2H3. The van der Waals surface area contributed by atoms with Crippen molar-refractivity contribution in [3.05, 3.63) is 55.5 Å². The van der Waals surface area contributed by atoms with Gasteiger partial charge in [-0.1, -0.05) is 154 Å². The van der Waals surface area contributed by atoms with E-state index in [2.05, 4.69) is 93.5 Å². The average molecular weight is 739 g/mol. The Balaban J connectivity index is 1.59. The summed E-state index contributed by atoms with van der Waals surface area (Å²) in [4.78, 5) is 3.14. The lowest BCUT2D eigenvalue weighted by atomic mass is 10.00. The minimum Gasteiger partial charge on any atom is -0.120 e. The van der Waals surface area contributed by atoms with Crippen LogP contribution < -0.4 is 0 Å². The quantitative estimate of drug-likeness (QED) is 0.110. The van der Waals surface area contributed by atoms with Gasteiger partial charge in [0.2, 0.25) is 0 Å². The molecule has 2 aromatic carbocycles. The van der Waals surface area contributed by atoms with E-state index in [-0.39, 0.29) is 0 Å². The summed E-state index contributed by atoms with van der Waals surface area (Å²) in [6, 6.07) is 9.11. The van der Waals surface area contributed by atoms with E-state index in [0.717, 1.165) is 11.5 Å². The molecule has 0 nitrogen and oxygen atoms in total. The Morgan fingerprint density at radius 1 is 0.476 bits per heavy atom. The van der Waals surface area contributed by atoms with Crippen LogP contribution in [0.15, 0.2) is 43.0 Å². The van der Waals surface area contributed by atoms with Crippen molar-refractivity contribution >= 4 is 55.4 Å². The Bertz CT molecular complexity index is 939. The first kappa shape index (κ1) is 36.6. The summed E-state index contributed by atoms with van der Waals surface area (Å²) in [5.41, 5.74) is 6.14. The number of fused-ring (bicyclic) bond motifs is 2. The number of benzene rings is 2. The van der Waals surface area contributed by atoms with E-state index in [9.17, 15) is 0 Å². The summed E-state index contributed by atoms with van der Waals surface area (Å²) in [5, 5.41) is 0. The van der Waals surface area contributed by atoms with Crippen molar-refractivity contribution in [2.45, 2.75) is 176 Å². The molecule has 0 aliphatic carbocycles. The highest BCUT2D eigenvalue weighted by molar-refractivity contribution is 9.13. The summed E-state index contributed by atoms with van der Waals surface area (Å²) in [5.74, 6) is 2.17. The number of hydrogen-bond acceptors (Lipinski definition) is 2. The first-order valence-corrected chi connectivity index (χ1v) is 21.1. The molecule has 1 aliphatic rings. The molecule has 0 amide bonds. The predicted octanol–water partition coefficient (Wildman–Crippen LogP) is 15.0. The van der Waals surface area contributed by atoms with Gasteiger partial charge in [0.15, 0.2) is 0 Å². The van der Waals surface area contributed by atoms with Crippen LogP contribution in [-0.4, -0.2) is 0 Å². The van der Waals surface area contributed by atoms with E-state index < -0.39 is 0 Å². The molecular formula is C38H58Br2S2. The zero-order valence-electron chi connectivity index (χ0n) is 26.9. The molecule has 3 rings (SSSR count). The molecule has 0 aromatic heterocycles. The van der Waals surface area contributed by atoms with Crippen molar-refractivity contribution in [1.29, 1.82) is 0 Å². The highest BCUT2D eigenvalue weighted by atomic mass is 79.9. The second-order valence-corrected chi connectivity index (χ2v) is 16.0. The van der Waals surface area contributed by atoms with Crippen molar-refractivity contribution in [2.75, 3.05) is 0 Å². The van der Waals surface area contributed by atoms with Crippen LogP contribution in [0.4, 0.5) is 0 Å². The monoisotopic (exact) mass is 736 g/mol. The molecule has 0 N–H and O–H groups in total. The Labute approximate surface area is 285 Å². The molecule has 42 heavy (non-hydrogen) atoms. The zero-order chi connectivity index (χ0) is 29.8. The topological polar surface area (TPSA) is 0 Å². The fraction of sp³-hybridized carbons (Fsp3) is 0.684. The second-order valence-electron chi connectivity index (χ2n) is 12.5. The second kappa shape index (κ2) is 22.6. The lowest BCUT2D eigenvalue weighted by Gasteiger charge is -2.25. The molecule has 0 spiro atoms. The van der Waals surface area contributed by atoms with Crippen molar-refractivity contribution in [1.82, 2.24) is 0 Å². The molecule has 0 atom stereocenters. The summed E-state index contributed by atoms with van der Waals surface area (Å²) in [6.45, 7) is 4.61. The van der Waals surface area contributed by atoms with E-state index in [0.29, 0.717) is 0 Å². The SMILES string of the molecule is CCCCCCCCCCCCc1c(Br)c(Br)c(CCCCCCCCCCCC)c2c1SCc1ccccc1CS2. The molecular weight excluding hydrogens is 680 g/mol.